The molecule has 2 aromatic carbocycles. The van der Waals surface area contributed by atoms with E-state index < -0.39 is 0 Å². The molecule has 3 heterocycles. The Bertz CT molecular complexity index is 1300. The SMILES string of the molecule is Cc1ccc2ccc3c(-c4ccc(B5OC(C)(C)C(C)(C)O5)cc4)cc(C)nc3c2n1. The number of benzene rings is 2. The first kappa shape index (κ1) is 20.2. The number of pyridine rings is 2. The lowest BCUT2D eigenvalue weighted by Gasteiger charge is -2.32. The van der Waals surface area contributed by atoms with E-state index >= 15 is 0 Å². The topological polar surface area (TPSA) is 44.2 Å². The van der Waals surface area contributed by atoms with E-state index in [1.165, 1.54) is 0 Å². The number of nitrogens with zero attached hydrogens (tertiary/aromatic N) is 2. The highest BCUT2D eigenvalue weighted by molar-refractivity contribution is 6.62. The van der Waals surface area contributed by atoms with Crippen LogP contribution in [0.1, 0.15) is 39.1 Å². The second-order valence-electron chi connectivity index (χ2n) is 9.51. The summed E-state index contributed by atoms with van der Waals surface area (Å²) in [6, 6.07) is 19.1. The van der Waals surface area contributed by atoms with Gasteiger partial charge in [-0.15, -0.1) is 0 Å². The van der Waals surface area contributed by atoms with Gasteiger partial charge in [-0.25, -0.2) is 0 Å². The normalized spacial score (nSPS) is 17.5. The average molecular weight is 410 g/mol. The molecule has 31 heavy (non-hydrogen) atoms. The second kappa shape index (κ2) is 6.88. The Balaban J connectivity index is 1.59. The molecule has 4 nitrogen and oxygen atoms in total. The molecule has 0 radical (unpaired) electrons. The largest absolute Gasteiger partial charge is 0.494 e. The van der Waals surface area contributed by atoms with Crippen LogP contribution in [-0.2, 0) is 9.31 Å². The highest BCUT2D eigenvalue weighted by atomic mass is 16.7. The van der Waals surface area contributed by atoms with Crippen LogP contribution in [0.2, 0.25) is 0 Å². The first-order valence-electron chi connectivity index (χ1n) is 10.8. The summed E-state index contributed by atoms with van der Waals surface area (Å²) in [4.78, 5) is 9.62. The molecule has 1 saturated heterocycles. The molecule has 5 rings (SSSR count). The van der Waals surface area contributed by atoms with Crippen molar-refractivity contribution in [2.24, 2.45) is 0 Å². The summed E-state index contributed by atoms with van der Waals surface area (Å²) in [6.07, 6.45) is 0. The molecule has 2 aromatic heterocycles. The Morgan fingerprint density at radius 1 is 0.710 bits per heavy atom. The lowest BCUT2D eigenvalue weighted by molar-refractivity contribution is 0.00578. The van der Waals surface area contributed by atoms with Crippen molar-refractivity contribution in [3.8, 4) is 11.1 Å². The third-order valence-corrected chi connectivity index (χ3v) is 6.65. The number of hydrogen-bond acceptors (Lipinski definition) is 4. The molecule has 0 bridgehead atoms. The van der Waals surface area contributed by atoms with E-state index in [9.17, 15) is 0 Å². The number of hydrogen-bond donors (Lipinski definition) is 0. The van der Waals surface area contributed by atoms with Gasteiger partial charge in [-0.05, 0) is 70.3 Å². The van der Waals surface area contributed by atoms with Crippen molar-refractivity contribution >= 4 is 34.4 Å². The van der Waals surface area contributed by atoms with E-state index in [1.54, 1.807) is 0 Å². The van der Waals surface area contributed by atoms with E-state index in [1.807, 2.05) is 19.9 Å². The molecule has 4 aromatic rings. The maximum Gasteiger partial charge on any atom is 0.494 e. The van der Waals surface area contributed by atoms with Gasteiger partial charge >= 0.3 is 7.12 Å². The molecule has 0 saturated carbocycles. The monoisotopic (exact) mass is 410 g/mol. The zero-order valence-electron chi connectivity index (χ0n) is 19.0. The lowest BCUT2D eigenvalue weighted by Crippen LogP contribution is -2.41. The van der Waals surface area contributed by atoms with E-state index in [4.69, 9.17) is 19.3 Å². The summed E-state index contributed by atoms with van der Waals surface area (Å²) in [5.74, 6) is 0. The Morgan fingerprint density at radius 3 is 2.00 bits per heavy atom. The highest BCUT2D eigenvalue weighted by Crippen LogP contribution is 2.37. The van der Waals surface area contributed by atoms with Crippen LogP contribution in [0.5, 0.6) is 0 Å². The Kier molecular flexibility index (Phi) is 4.47. The van der Waals surface area contributed by atoms with Crippen LogP contribution in [0.3, 0.4) is 0 Å². The Labute approximate surface area is 183 Å². The standard InChI is InChI=1S/C26H27BN2O2/c1-16-7-8-19-11-14-21-22(15-17(2)29-24(21)23(19)28-16)18-9-12-20(13-10-18)27-30-25(3,4)26(5,6)31-27/h7-15H,1-6H3. The number of aryl methyl sites for hydroxylation is 2. The van der Waals surface area contributed by atoms with Gasteiger partial charge < -0.3 is 9.31 Å². The van der Waals surface area contributed by atoms with Gasteiger partial charge in [0.15, 0.2) is 0 Å². The van der Waals surface area contributed by atoms with Crippen molar-refractivity contribution in [2.75, 3.05) is 0 Å². The minimum absolute atomic E-state index is 0.346. The predicted octanol–water partition coefficient (Wildman–Crippen LogP) is 5.37. The van der Waals surface area contributed by atoms with E-state index in [2.05, 4.69) is 76.2 Å². The molecule has 0 N–H and O–H groups in total. The van der Waals surface area contributed by atoms with Crippen molar-refractivity contribution in [3.63, 3.8) is 0 Å². The molecule has 1 aliphatic rings. The van der Waals surface area contributed by atoms with Gasteiger partial charge in [0.2, 0.25) is 0 Å². The van der Waals surface area contributed by atoms with Gasteiger partial charge in [-0.1, -0.05) is 42.5 Å². The fraction of sp³-hybridized carbons (Fsp3) is 0.308. The molecular formula is C26H27BN2O2. The van der Waals surface area contributed by atoms with Gasteiger partial charge in [0.1, 0.15) is 0 Å². The van der Waals surface area contributed by atoms with E-state index in [0.717, 1.165) is 49.8 Å². The fourth-order valence-corrected chi connectivity index (χ4v) is 4.13. The van der Waals surface area contributed by atoms with Gasteiger partial charge in [0, 0.05) is 22.2 Å². The van der Waals surface area contributed by atoms with Crippen LogP contribution in [0, 0.1) is 13.8 Å². The number of aromatic nitrogens is 2. The third kappa shape index (κ3) is 3.33. The fourth-order valence-electron chi connectivity index (χ4n) is 4.13. The van der Waals surface area contributed by atoms with Crippen molar-refractivity contribution in [2.45, 2.75) is 52.7 Å². The molecule has 0 spiro atoms. The number of rotatable bonds is 2. The van der Waals surface area contributed by atoms with Gasteiger partial charge in [-0.3, -0.25) is 9.97 Å². The van der Waals surface area contributed by atoms with Crippen molar-refractivity contribution in [1.29, 1.82) is 0 Å². The van der Waals surface area contributed by atoms with Crippen LogP contribution in [0.4, 0.5) is 0 Å². The second-order valence-corrected chi connectivity index (χ2v) is 9.51. The van der Waals surface area contributed by atoms with Crippen LogP contribution >= 0.6 is 0 Å². The molecule has 1 aliphatic heterocycles. The van der Waals surface area contributed by atoms with Crippen LogP contribution in [-0.4, -0.2) is 28.3 Å². The van der Waals surface area contributed by atoms with Gasteiger partial charge in [0.05, 0.1) is 22.2 Å². The summed E-state index contributed by atoms with van der Waals surface area (Å²) in [7, 11) is -0.355. The summed E-state index contributed by atoms with van der Waals surface area (Å²) in [5.41, 5.74) is 6.52. The molecule has 0 atom stereocenters. The summed E-state index contributed by atoms with van der Waals surface area (Å²) in [5, 5.41) is 2.22. The summed E-state index contributed by atoms with van der Waals surface area (Å²) in [6.45, 7) is 12.4. The predicted molar refractivity (Wildman–Crippen MR) is 128 cm³/mol. The highest BCUT2D eigenvalue weighted by Gasteiger charge is 2.51. The average Bonchev–Trinajstić information content (AvgIpc) is 2.94. The molecular weight excluding hydrogens is 383 g/mol. The zero-order valence-corrected chi connectivity index (χ0v) is 19.0. The lowest BCUT2D eigenvalue weighted by atomic mass is 9.78. The van der Waals surface area contributed by atoms with Crippen LogP contribution in [0.15, 0.2) is 54.6 Å². The molecule has 5 heteroatoms. The minimum atomic E-state index is -0.355. The van der Waals surface area contributed by atoms with Crippen LogP contribution in [0.25, 0.3) is 32.9 Å². The summed E-state index contributed by atoms with van der Waals surface area (Å²) >= 11 is 0. The minimum Gasteiger partial charge on any atom is -0.399 e. The maximum atomic E-state index is 6.20. The quantitative estimate of drug-likeness (QED) is 0.329. The summed E-state index contributed by atoms with van der Waals surface area (Å²) < 4.78 is 12.4. The van der Waals surface area contributed by atoms with Crippen molar-refractivity contribution < 1.29 is 9.31 Å². The smallest absolute Gasteiger partial charge is 0.399 e. The molecule has 1 fully saturated rings. The molecule has 0 unspecified atom stereocenters. The van der Waals surface area contributed by atoms with Crippen LogP contribution < -0.4 is 5.46 Å². The molecule has 156 valence electrons. The van der Waals surface area contributed by atoms with Gasteiger partial charge in [-0.2, -0.15) is 0 Å². The zero-order chi connectivity index (χ0) is 22.0. The first-order chi connectivity index (χ1) is 14.6. The van der Waals surface area contributed by atoms with E-state index in [-0.39, 0.29) is 18.3 Å². The molecule has 0 amide bonds. The van der Waals surface area contributed by atoms with Crippen molar-refractivity contribution in [1.82, 2.24) is 9.97 Å². The maximum absolute atomic E-state index is 6.20. The number of fused-ring (bicyclic) bond motifs is 3. The third-order valence-electron chi connectivity index (χ3n) is 6.65. The Hall–Kier alpha value is -2.76. The van der Waals surface area contributed by atoms with Gasteiger partial charge in [0.25, 0.3) is 0 Å². The van der Waals surface area contributed by atoms with E-state index in [0.29, 0.717) is 0 Å². The molecule has 0 aliphatic carbocycles. The first-order valence-corrected chi connectivity index (χ1v) is 10.8. The van der Waals surface area contributed by atoms with Crippen molar-refractivity contribution in [3.05, 3.63) is 66.0 Å². The Morgan fingerprint density at radius 2 is 1.32 bits per heavy atom.